The van der Waals surface area contributed by atoms with Crippen molar-refractivity contribution in [3.63, 3.8) is 0 Å². The van der Waals surface area contributed by atoms with Gasteiger partial charge in [-0.25, -0.2) is 9.78 Å². The quantitative estimate of drug-likeness (QED) is 0.275. The summed E-state index contributed by atoms with van der Waals surface area (Å²) in [5, 5.41) is 29.5. The van der Waals surface area contributed by atoms with Crippen LogP contribution in [0.25, 0.3) is 11.3 Å². The molecule has 0 saturated heterocycles. The molecule has 0 radical (unpaired) electrons. The number of hydrogen-bond acceptors (Lipinski definition) is 8. The lowest BCUT2D eigenvalue weighted by Crippen LogP contribution is -2.20. The summed E-state index contributed by atoms with van der Waals surface area (Å²) in [5.41, 5.74) is 1.36. The predicted molar refractivity (Wildman–Crippen MR) is 115 cm³/mol. The molecule has 0 amide bonds. The Labute approximate surface area is 189 Å². The van der Waals surface area contributed by atoms with E-state index in [4.69, 9.17) is 27.9 Å². The van der Waals surface area contributed by atoms with Gasteiger partial charge in [0.1, 0.15) is 12.4 Å². The van der Waals surface area contributed by atoms with Crippen molar-refractivity contribution < 1.29 is 19.6 Å². The van der Waals surface area contributed by atoms with Crippen LogP contribution in [0.4, 0.5) is 10.8 Å². The van der Waals surface area contributed by atoms with Gasteiger partial charge in [0.25, 0.3) is 5.69 Å². The third-order valence-electron chi connectivity index (χ3n) is 4.49. The monoisotopic (exact) mass is 478 g/mol. The van der Waals surface area contributed by atoms with Gasteiger partial charge in [0, 0.05) is 29.7 Å². The van der Waals surface area contributed by atoms with Crippen LogP contribution in [0.2, 0.25) is 10.0 Å². The molecule has 0 spiro atoms. The van der Waals surface area contributed by atoms with E-state index in [9.17, 15) is 20.0 Å². The number of aromatic nitrogens is 1. The van der Waals surface area contributed by atoms with E-state index < -0.39 is 16.9 Å². The van der Waals surface area contributed by atoms with Crippen LogP contribution in [0.15, 0.2) is 46.6 Å². The van der Waals surface area contributed by atoms with E-state index in [0.29, 0.717) is 27.1 Å². The Morgan fingerprint density at radius 2 is 2.06 bits per heavy atom. The smallest absolute Gasteiger partial charge is 0.330 e. The number of aliphatic carboxylic acids is 1. The lowest BCUT2D eigenvalue weighted by atomic mass is 10.0. The molecule has 31 heavy (non-hydrogen) atoms. The number of halogens is 2. The summed E-state index contributed by atoms with van der Waals surface area (Å²) < 4.78 is 5.67. The summed E-state index contributed by atoms with van der Waals surface area (Å²) in [6.45, 7) is 0.256. The van der Waals surface area contributed by atoms with Crippen molar-refractivity contribution in [1.29, 1.82) is 0 Å². The minimum atomic E-state index is -1.31. The number of hydrogen-bond donors (Lipinski definition) is 1. The van der Waals surface area contributed by atoms with Crippen molar-refractivity contribution >= 4 is 51.3 Å². The molecule has 0 saturated carbocycles. The van der Waals surface area contributed by atoms with Crippen LogP contribution in [-0.2, 0) is 17.8 Å². The Kier molecular flexibility index (Phi) is 5.86. The average molecular weight is 479 g/mol. The summed E-state index contributed by atoms with van der Waals surface area (Å²) in [7, 11) is 0. The number of carboxylic acids is 1. The summed E-state index contributed by atoms with van der Waals surface area (Å²) >= 11 is 13.3. The van der Waals surface area contributed by atoms with Crippen LogP contribution in [0.3, 0.4) is 0 Å². The number of para-hydroxylation sites is 1. The maximum absolute atomic E-state index is 11.6. The molecule has 3 aromatic rings. The maximum atomic E-state index is 11.6. The number of rotatable bonds is 6. The van der Waals surface area contributed by atoms with E-state index in [0.717, 1.165) is 4.88 Å². The molecule has 1 atom stereocenters. The number of nitro benzene ring substituents is 1. The van der Waals surface area contributed by atoms with Gasteiger partial charge in [-0.2, -0.15) is 5.11 Å². The third kappa shape index (κ3) is 4.36. The van der Waals surface area contributed by atoms with E-state index in [1.54, 1.807) is 18.2 Å². The van der Waals surface area contributed by atoms with E-state index >= 15 is 0 Å². The van der Waals surface area contributed by atoms with Gasteiger partial charge >= 0.3 is 5.97 Å². The first-order valence-electron chi connectivity index (χ1n) is 8.81. The first-order valence-corrected chi connectivity index (χ1v) is 10.4. The van der Waals surface area contributed by atoms with Crippen LogP contribution in [0, 0.1) is 10.1 Å². The number of nitro groups is 1. The molecule has 1 aromatic heterocycles. The van der Waals surface area contributed by atoms with Gasteiger partial charge in [0.15, 0.2) is 6.04 Å². The highest BCUT2D eigenvalue weighted by Crippen LogP contribution is 2.44. The van der Waals surface area contributed by atoms with Gasteiger partial charge in [0.05, 0.1) is 25.5 Å². The van der Waals surface area contributed by atoms with Gasteiger partial charge in [-0.15, -0.1) is 5.11 Å². The molecule has 0 aliphatic carbocycles. The number of nitrogens with zero attached hydrogens (tertiary/aromatic N) is 4. The van der Waals surface area contributed by atoms with Gasteiger partial charge in [-0.05, 0) is 6.07 Å². The molecule has 12 heteroatoms. The number of carbonyl (C=O) groups is 1. The van der Waals surface area contributed by atoms with Crippen LogP contribution >= 0.6 is 34.5 Å². The fraction of sp³-hybridized carbons (Fsp3) is 0.158. The van der Waals surface area contributed by atoms with Crippen LogP contribution < -0.4 is 4.74 Å². The average Bonchev–Trinajstić information content (AvgIpc) is 3.15. The van der Waals surface area contributed by atoms with Crippen molar-refractivity contribution in [3.8, 4) is 17.0 Å². The zero-order valence-corrected chi connectivity index (χ0v) is 17.8. The van der Waals surface area contributed by atoms with E-state index in [1.807, 2.05) is 0 Å². The molecule has 2 aromatic carbocycles. The highest BCUT2D eigenvalue weighted by Gasteiger charge is 2.25. The SMILES string of the molecule is O=C(O)C(Cc1ccccc1[N+](=O)[O-])N=Nc1nc2c(s1)COc1cc(Cl)c(Cl)cc1-2. The van der Waals surface area contributed by atoms with Gasteiger partial charge in [-0.3, -0.25) is 10.1 Å². The van der Waals surface area contributed by atoms with Gasteiger partial charge in [0.2, 0.25) is 5.13 Å². The zero-order chi connectivity index (χ0) is 22.1. The number of benzene rings is 2. The van der Waals surface area contributed by atoms with Crippen molar-refractivity contribution in [2.24, 2.45) is 10.2 Å². The Morgan fingerprint density at radius 3 is 2.81 bits per heavy atom. The minimum absolute atomic E-state index is 0.169. The molecular weight excluding hydrogens is 467 g/mol. The molecule has 0 bridgehead atoms. The maximum Gasteiger partial charge on any atom is 0.330 e. The zero-order valence-electron chi connectivity index (χ0n) is 15.5. The highest BCUT2D eigenvalue weighted by molar-refractivity contribution is 7.15. The van der Waals surface area contributed by atoms with Crippen molar-refractivity contribution in [2.45, 2.75) is 19.1 Å². The molecule has 2 heterocycles. The first-order chi connectivity index (χ1) is 14.8. The Hall–Kier alpha value is -3.08. The van der Waals surface area contributed by atoms with Crippen molar-refractivity contribution in [1.82, 2.24) is 4.98 Å². The summed E-state index contributed by atoms with van der Waals surface area (Å²) in [6.07, 6.45) is -0.179. The van der Waals surface area contributed by atoms with Crippen LogP contribution in [-0.4, -0.2) is 27.0 Å². The Bertz CT molecular complexity index is 1230. The van der Waals surface area contributed by atoms with Crippen molar-refractivity contribution in [2.75, 3.05) is 0 Å². The fourth-order valence-electron chi connectivity index (χ4n) is 3.03. The summed E-state index contributed by atoms with van der Waals surface area (Å²) in [6, 6.07) is 7.87. The van der Waals surface area contributed by atoms with Gasteiger partial charge < -0.3 is 9.84 Å². The molecular formula is C19H12Cl2N4O5S. The lowest BCUT2D eigenvalue weighted by Gasteiger charge is -2.17. The molecule has 9 nitrogen and oxygen atoms in total. The van der Waals surface area contributed by atoms with Gasteiger partial charge in [-0.1, -0.05) is 52.7 Å². The number of carboxylic acid groups (broad SMARTS) is 1. The first kappa shape index (κ1) is 21.2. The van der Waals surface area contributed by atoms with E-state index in [1.165, 1.54) is 29.5 Å². The van der Waals surface area contributed by atoms with E-state index in [2.05, 4.69) is 15.2 Å². The summed E-state index contributed by atoms with van der Waals surface area (Å²) in [4.78, 5) is 27.5. The Morgan fingerprint density at radius 1 is 1.32 bits per heavy atom. The normalized spacial score (nSPS) is 13.4. The Balaban J connectivity index is 1.61. The molecule has 4 rings (SSSR count). The second-order valence-corrected chi connectivity index (χ2v) is 8.36. The summed E-state index contributed by atoms with van der Waals surface area (Å²) in [5.74, 6) is -0.714. The number of ether oxygens (including phenoxy) is 1. The molecule has 1 aliphatic rings. The predicted octanol–water partition coefficient (Wildman–Crippen LogP) is 5.70. The highest BCUT2D eigenvalue weighted by atomic mass is 35.5. The second-order valence-electron chi connectivity index (χ2n) is 6.48. The molecule has 1 N–H and O–H groups in total. The molecule has 158 valence electrons. The largest absolute Gasteiger partial charge is 0.487 e. The fourth-order valence-corrected chi connectivity index (χ4v) is 4.17. The molecule has 1 unspecified atom stereocenters. The molecule has 0 fully saturated rings. The lowest BCUT2D eigenvalue weighted by molar-refractivity contribution is -0.385. The second kappa shape index (κ2) is 8.58. The number of azo groups is 1. The number of thiazole rings is 1. The van der Waals surface area contributed by atoms with E-state index in [-0.39, 0.29) is 29.4 Å². The van der Waals surface area contributed by atoms with Crippen LogP contribution in [0.1, 0.15) is 10.4 Å². The number of fused-ring (bicyclic) bond motifs is 3. The third-order valence-corrected chi connectivity index (χ3v) is 6.13. The molecule has 1 aliphatic heterocycles. The topological polar surface area (TPSA) is 127 Å². The standard InChI is InChI=1S/C19H12Cl2N4O5S/c20-11-6-10-15(7-12(11)21)30-8-16-17(10)22-19(31-16)24-23-13(18(26)27)5-9-3-1-2-4-14(9)25(28)29/h1-4,6-7,13H,5,8H2,(H,26,27). The van der Waals surface area contributed by atoms with Crippen LogP contribution in [0.5, 0.6) is 5.75 Å². The minimum Gasteiger partial charge on any atom is -0.487 e. The van der Waals surface area contributed by atoms with Crippen molar-refractivity contribution in [3.05, 3.63) is 67.0 Å².